The Morgan fingerprint density at radius 1 is 0.857 bits per heavy atom. The van der Waals surface area contributed by atoms with Crippen LogP contribution in [0.15, 0.2) is 90.2 Å². The van der Waals surface area contributed by atoms with E-state index in [1.54, 1.807) is 0 Å². The van der Waals surface area contributed by atoms with Crippen LogP contribution in [0.25, 0.3) is 5.57 Å². The van der Waals surface area contributed by atoms with Gasteiger partial charge in [0.25, 0.3) is 0 Å². The van der Waals surface area contributed by atoms with Gasteiger partial charge in [-0.2, -0.15) is 0 Å². The minimum atomic E-state index is 0.0913. The number of amidine groups is 1. The molecule has 2 aromatic carbocycles. The summed E-state index contributed by atoms with van der Waals surface area (Å²) in [5.74, 6) is 0.951. The van der Waals surface area contributed by atoms with Crippen LogP contribution in [-0.2, 0) is 0 Å². The lowest BCUT2D eigenvalue weighted by Crippen LogP contribution is -2.60. The summed E-state index contributed by atoms with van der Waals surface area (Å²) in [5.41, 5.74) is 8.18. The van der Waals surface area contributed by atoms with Crippen molar-refractivity contribution in [2.24, 2.45) is 4.99 Å². The molecule has 0 amide bonds. The molecule has 0 atom stereocenters. The highest BCUT2D eigenvalue weighted by molar-refractivity contribution is 6.87. The molecule has 2 aliphatic heterocycles. The van der Waals surface area contributed by atoms with Gasteiger partial charge in [-0.15, -0.1) is 0 Å². The highest BCUT2D eigenvalue weighted by Gasteiger charge is 2.38. The van der Waals surface area contributed by atoms with Crippen molar-refractivity contribution in [2.75, 3.05) is 0 Å². The third-order valence-electron chi connectivity index (χ3n) is 5.49. The minimum absolute atomic E-state index is 0.0913. The fraction of sp³-hybridized carbons (Fsp3) is 0.0833. The number of nitrogens with zero attached hydrogens (tertiary/aromatic N) is 3. The number of fused-ring (bicyclic) bond motifs is 2. The van der Waals surface area contributed by atoms with Crippen LogP contribution in [0.4, 0.5) is 5.69 Å². The van der Waals surface area contributed by atoms with Gasteiger partial charge in [-0.25, -0.2) is 4.99 Å². The summed E-state index contributed by atoms with van der Waals surface area (Å²) in [6.45, 7) is 4.48. The molecular formula is C24H20BN3. The number of hydrogen-bond acceptors (Lipinski definition) is 3. The maximum Gasteiger partial charge on any atom is 0.331 e. The highest BCUT2D eigenvalue weighted by atomic mass is 15.1. The van der Waals surface area contributed by atoms with E-state index in [9.17, 15) is 0 Å². The van der Waals surface area contributed by atoms with Gasteiger partial charge in [0.2, 0.25) is 0 Å². The Kier molecular flexibility index (Phi) is 3.98. The van der Waals surface area contributed by atoms with Gasteiger partial charge in [-0.1, -0.05) is 53.6 Å². The van der Waals surface area contributed by atoms with Crippen molar-refractivity contribution in [3.63, 3.8) is 0 Å². The summed E-state index contributed by atoms with van der Waals surface area (Å²) < 4.78 is 0. The van der Waals surface area contributed by atoms with Gasteiger partial charge in [0.05, 0.1) is 11.4 Å². The predicted octanol–water partition coefficient (Wildman–Crippen LogP) is 3.76. The number of rotatable bonds is 2. The average Bonchev–Trinajstić information content (AvgIpc) is 2.73. The number of aromatic nitrogens is 1. The standard InChI is InChI=1S/C24H20BN3/c1-17-9-7-10-18(2)23(17)25-20-12-3-4-14-22(20)27-24-19(11-8-16-28(24)25)21-13-5-6-15-26-21/h3-16H,1-2H3. The van der Waals surface area contributed by atoms with Gasteiger partial charge < -0.3 is 4.81 Å². The van der Waals surface area contributed by atoms with E-state index < -0.39 is 0 Å². The van der Waals surface area contributed by atoms with Gasteiger partial charge in [-0.05, 0) is 61.3 Å². The summed E-state index contributed by atoms with van der Waals surface area (Å²) in [4.78, 5) is 11.9. The molecule has 0 fully saturated rings. The SMILES string of the molecule is Cc1cccc(C)c1B1c2ccccc2N=C2C(c3ccccn3)=CC=CN12. The molecule has 2 aliphatic rings. The number of allylic oxidation sites excluding steroid dienone is 2. The molecule has 0 N–H and O–H groups in total. The van der Waals surface area contributed by atoms with E-state index >= 15 is 0 Å². The van der Waals surface area contributed by atoms with Crippen LogP contribution in [0.5, 0.6) is 0 Å². The predicted molar refractivity (Wildman–Crippen MR) is 118 cm³/mol. The van der Waals surface area contributed by atoms with Crippen molar-refractivity contribution < 1.29 is 0 Å². The lowest BCUT2D eigenvalue weighted by Gasteiger charge is -2.37. The second-order valence-electron chi connectivity index (χ2n) is 7.25. The quantitative estimate of drug-likeness (QED) is 0.651. The molecule has 5 rings (SSSR count). The monoisotopic (exact) mass is 361 g/mol. The first-order valence-corrected chi connectivity index (χ1v) is 9.56. The molecule has 134 valence electrons. The van der Waals surface area contributed by atoms with E-state index in [0.717, 1.165) is 22.8 Å². The molecule has 0 radical (unpaired) electrons. The summed E-state index contributed by atoms with van der Waals surface area (Å²) in [6, 6.07) is 21.0. The first-order chi connectivity index (χ1) is 13.7. The third kappa shape index (κ3) is 2.61. The molecule has 0 saturated carbocycles. The smallest absolute Gasteiger partial charge is 0.331 e. The van der Waals surface area contributed by atoms with Crippen LogP contribution in [-0.4, -0.2) is 22.5 Å². The molecular weight excluding hydrogens is 341 g/mol. The normalized spacial score (nSPS) is 14.9. The van der Waals surface area contributed by atoms with Crippen LogP contribution in [0, 0.1) is 13.8 Å². The van der Waals surface area contributed by atoms with Gasteiger partial charge in [0.15, 0.2) is 0 Å². The Labute approximate surface area is 165 Å². The minimum Gasteiger partial charge on any atom is -0.367 e. The summed E-state index contributed by atoms with van der Waals surface area (Å²) >= 11 is 0. The molecule has 0 unspecified atom stereocenters. The molecule has 3 aromatic rings. The topological polar surface area (TPSA) is 28.5 Å². The van der Waals surface area contributed by atoms with Gasteiger partial charge >= 0.3 is 6.85 Å². The van der Waals surface area contributed by atoms with Crippen molar-refractivity contribution in [3.8, 4) is 0 Å². The summed E-state index contributed by atoms with van der Waals surface area (Å²) in [5, 5.41) is 0. The molecule has 0 aliphatic carbocycles. The van der Waals surface area contributed by atoms with E-state index in [1.165, 1.54) is 22.1 Å². The number of benzene rings is 2. The number of aliphatic imine (C=N–C) groups is 1. The largest absolute Gasteiger partial charge is 0.367 e. The second-order valence-corrected chi connectivity index (χ2v) is 7.25. The molecule has 0 bridgehead atoms. The van der Waals surface area contributed by atoms with E-state index in [1.807, 2.05) is 24.4 Å². The fourth-order valence-corrected chi connectivity index (χ4v) is 4.20. The zero-order valence-corrected chi connectivity index (χ0v) is 16.0. The molecule has 0 saturated heterocycles. The zero-order chi connectivity index (χ0) is 19.1. The Balaban J connectivity index is 1.74. The third-order valence-corrected chi connectivity index (χ3v) is 5.49. The molecule has 4 heteroatoms. The Hall–Kier alpha value is -3.40. The maximum absolute atomic E-state index is 5.04. The average molecular weight is 361 g/mol. The fourth-order valence-electron chi connectivity index (χ4n) is 4.20. The van der Waals surface area contributed by atoms with Crippen molar-refractivity contribution in [3.05, 3.63) is 102 Å². The number of hydrogen-bond donors (Lipinski definition) is 0. The van der Waals surface area contributed by atoms with E-state index in [2.05, 4.69) is 84.5 Å². The molecule has 0 spiro atoms. The van der Waals surface area contributed by atoms with Crippen molar-refractivity contribution in [1.82, 2.24) is 9.79 Å². The molecule has 28 heavy (non-hydrogen) atoms. The van der Waals surface area contributed by atoms with Crippen LogP contribution in [0.3, 0.4) is 0 Å². The van der Waals surface area contributed by atoms with Crippen LogP contribution in [0.2, 0.25) is 0 Å². The second kappa shape index (κ2) is 6.64. The first kappa shape index (κ1) is 16.8. The van der Waals surface area contributed by atoms with Crippen molar-refractivity contribution in [2.45, 2.75) is 13.8 Å². The Morgan fingerprint density at radius 2 is 1.64 bits per heavy atom. The van der Waals surface area contributed by atoms with Crippen molar-refractivity contribution in [1.29, 1.82) is 0 Å². The van der Waals surface area contributed by atoms with Gasteiger partial charge in [-0.3, -0.25) is 4.98 Å². The molecule has 3 nitrogen and oxygen atoms in total. The highest BCUT2D eigenvalue weighted by Crippen LogP contribution is 2.28. The number of aryl methyl sites for hydroxylation is 2. The van der Waals surface area contributed by atoms with Gasteiger partial charge in [0.1, 0.15) is 5.84 Å². The Morgan fingerprint density at radius 3 is 2.43 bits per heavy atom. The molecule has 1 aromatic heterocycles. The van der Waals surface area contributed by atoms with Crippen LogP contribution >= 0.6 is 0 Å². The van der Waals surface area contributed by atoms with E-state index in [-0.39, 0.29) is 6.85 Å². The summed E-state index contributed by atoms with van der Waals surface area (Å²) in [7, 11) is 0. The molecule has 3 heterocycles. The zero-order valence-electron chi connectivity index (χ0n) is 16.0. The van der Waals surface area contributed by atoms with Crippen molar-refractivity contribution >= 4 is 34.9 Å². The lowest BCUT2D eigenvalue weighted by atomic mass is 9.46. The summed E-state index contributed by atoms with van der Waals surface area (Å²) in [6.07, 6.45) is 8.17. The lowest BCUT2D eigenvalue weighted by molar-refractivity contribution is 0.865. The van der Waals surface area contributed by atoms with E-state index in [4.69, 9.17) is 4.99 Å². The Bertz CT molecular complexity index is 1130. The first-order valence-electron chi connectivity index (χ1n) is 9.56. The van der Waals surface area contributed by atoms with E-state index in [0.29, 0.717) is 0 Å². The number of pyridine rings is 1. The maximum atomic E-state index is 5.04. The number of para-hydroxylation sites is 1. The van der Waals surface area contributed by atoms with Crippen LogP contribution < -0.4 is 10.9 Å². The van der Waals surface area contributed by atoms with Gasteiger partial charge in [0, 0.05) is 11.8 Å². The van der Waals surface area contributed by atoms with Crippen LogP contribution in [0.1, 0.15) is 16.8 Å².